The van der Waals surface area contributed by atoms with Gasteiger partial charge in [-0.25, -0.2) is 0 Å². The topological polar surface area (TPSA) is 116 Å². The molecule has 1 aliphatic rings. The summed E-state index contributed by atoms with van der Waals surface area (Å²) < 4.78 is 40.3. The second-order valence-electron chi connectivity index (χ2n) is 15.0. The van der Waals surface area contributed by atoms with Crippen LogP contribution in [0.15, 0.2) is 97.1 Å². The fraction of sp³-hybridized carbons (Fsp3) is 0.302. The molecule has 1 unspecified atom stereocenters. The van der Waals surface area contributed by atoms with Gasteiger partial charge in [0.25, 0.3) is 11.8 Å². The molecule has 12 heteroatoms. The highest BCUT2D eigenvalue weighted by molar-refractivity contribution is 6.04. The number of fused-ring (bicyclic) bond motifs is 1. The standard InChI is InChI=1S/C43H46F3N5O4/c1-42(2,3)33-18-14-30(15-19-33)37-24-32-16-20-34(48-39(53)21-17-29-8-6-7-9-36(29)43(44,45)46)25-35(32)41(55)51(37)26-28-10-12-31(13-11-28)40(54)50(27-38(47)52)23-22-49(4)5/h6-21,25,37H,22-24,26-27H2,1-5H3,(H2,47,52)(H,48,53)/b21-17+. The predicted octanol–water partition coefficient (Wildman–Crippen LogP) is 7.08. The zero-order valence-electron chi connectivity index (χ0n) is 31.6. The van der Waals surface area contributed by atoms with E-state index in [0.29, 0.717) is 36.3 Å². The van der Waals surface area contributed by atoms with E-state index in [1.165, 1.54) is 23.1 Å². The monoisotopic (exact) mass is 753 g/mol. The molecule has 1 atom stereocenters. The number of likely N-dealkylation sites (N-methyl/N-ethyl adjacent to an activating group) is 1. The molecule has 0 bridgehead atoms. The Labute approximate surface area is 319 Å². The summed E-state index contributed by atoms with van der Waals surface area (Å²) >= 11 is 0. The average Bonchev–Trinajstić information content (AvgIpc) is 3.13. The number of nitrogens with two attached hydrogens (primary N) is 1. The Morgan fingerprint density at radius 2 is 1.58 bits per heavy atom. The van der Waals surface area contributed by atoms with E-state index >= 15 is 0 Å². The Kier molecular flexibility index (Phi) is 12.3. The minimum atomic E-state index is -4.58. The fourth-order valence-corrected chi connectivity index (χ4v) is 6.47. The lowest BCUT2D eigenvalue weighted by Gasteiger charge is -2.37. The van der Waals surface area contributed by atoms with Crippen molar-refractivity contribution in [3.8, 4) is 0 Å². The van der Waals surface area contributed by atoms with Crippen LogP contribution in [-0.4, -0.2) is 72.1 Å². The zero-order valence-corrected chi connectivity index (χ0v) is 31.6. The van der Waals surface area contributed by atoms with Gasteiger partial charge in [-0.2, -0.15) is 13.2 Å². The summed E-state index contributed by atoms with van der Waals surface area (Å²) in [6.07, 6.45) is -1.95. The third-order valence-corrected chi connectivity index (χ3v) is 9.50. The fourth-order valence-electron chi connectivity index (χ4n) is 6.47. The summed E-state index contributed by atoms with van der Waals surface area (Å²) in [5.41, 5.74) is 9.10. The molecule has 0 aromatic heterocycles. The summed E-state index contributed by atoms with van der Waals surface area (Å²) in [5, 5.41) is 2.68. The summed E-state index contributed by atoms with van der Waals surface area (Å²) in [4.78, 5) is 57.4. The first-order chi connectivity index (χ1) is 25.9. The summed E-state index contributed by atoms with van der Waals surface area (Å²) in [6.45, 7) is 7.26. The van der Waals surface area contributed by atoms with Crippen LogP contribution < -0.4 is 11.1 Å². The number of anilines is 1. The molecule has 0 aliphatic carbocycles. The SMILES string of the molecule is CN(C)CCN(CC(N)=O)C(=O)c1ccc(CN2C(=O)c3cc(NC(=O)/C=C/c4ccccc4C(F)(F)F)ccc3CC2c2ccc(C(C)(C)C)cc2)cc1. The first-order valence-electron chi connectivity index (χ1n) is 17.9. The Hall–Kier alpha value is -5.75. The first-order valence-corrected chi connectivity index (χ1v) is 17.9. The number of carbonyl (C=O) groups excluding carboxylic acids is 4. The molecule has 288 valence electrons. The predicted molar refractivity (Wildman–Crippen MR) is 207 cm³/mol. The van der Waals surface area contributed by atoms with Crippen LogP contribution in [0, 0.1) is 0 Å². The highest BCUT2D eigenvalue weighted by Crippen LogP contribution is 2.37. The number of benzene rings is 4. The van der Waals surface area contributed by atoms with Crippen LogP contribution in [0.1, 0.15) is 80.9 Å². The van der Waals surface area contributed by atoms with E-state index in [2.05, 4.69) is 38.2 Å². The lowest BCUT2D eigenvalue weighted by molar-refractivity contribution is -0.137. The molecular formula is C43H46F3N5O4. The minimum absolute atomic E-state index is 0.0659. The van der Waals surface area contributed by atoms with Crippen molar-refractivity contribution in [2.45, 2.75) is 51.4 Å². The number of primary amides is 1. The molecule has 5 rings (SSSR count). The van der Waals surface area contributed by atoms with Gasteiger partial charge in [0.2, 0.25) is 11.8 Å². The summed E-state index contributed by atoms with van der Waals surface area (Å²) in [5.74, 6) is -1.87. The van der Waals surface area contributed by atoms with Crippen molar-refractivity contribution in [3.05, 3.63) is 142 Å². The molecule has 4 aromatic rings. The van der Waals surface area contributed by atoms with Crippen LogP contribution >= 0.6 is 0 Å². The van der Waals surface area contributed by atoms with Crippen molar-refractivity contribution in [2.24, 2.45) is 5.73 Å². The van der Waals surface area contributed by atoms with Crippen LogP contribution in [0.4, 0.5) is 18.9 Å². The van der Waals surface area contributed by atoms with Crippen molar-refractivity contribution < 1.29 is 32.3 Å². The van der Waals surface area contributed by atoms with Gasteiger partial charge in [-0.3, -0.25) is 19.2 Å². The molecule has 0 saturated heterocycles. The first kappa shape index (κ1) is 40.4. The largest absolute Gasteiger partial charge is 0.416 e. The highest BCUT2D eigenvalue weighted by Gasteiger charge is 2.35. The number of hydrogen-bond donors (Lipinski definition) is 2. The summed E-state index contributed by atoms with van der Waals surface area (Å²) in [7, 11) is 3.74. The average molecular weight is 754 g/mol. The van der Waals surface area contributed by atoms with E-state index < -0.39 is 23.6 Å². The smallest absolute Gasteiger partial charge is 0.368 e. The van der Waals surface area contributed by atoms with Gasteiger partial charge < -0.3 is 25.8 Å². The van der Waals surface area contributed by atoms with Crippen molar-refractivity contribution in [1.82, 2.24) is 14.7 Å². The van der Waals surface area contributed by atoms with Crippen LogP contribution in [0.2, 0.25) is 0 Å². The number of alkyl halides is 3. The van der Waals surface area contributed by atoms with Gasteiger partial charge in [-0.15, -0.1) is 0 Å². The number of nitrogens with zero attached hydrogens (tertiary/aromatic N) is 3. The zero-order chi connectivity index (χ0) is 40.1. The van der Waals surface area contributed by atoms with Gasteiger partial charge in [0, 0.05) is 42.5 Å². The maximum atomic E-state index is 14.4. The Morgan fingerprint density at radius 3 is 2.20 bits per heavy atom. The molecular weight excluding hydrogens is 707 g/mol. The van der Waals surface area contributed by atoms with Crippen LogP contribution in [-0.2, 0) is 34.1 Å². The molecule has 0 radical (unpaired) electrons. The third-order valence-electron chi connectivity index (χ3n) is 9.50. The van der Waals surface area contributed by atoms with Gasteiger partial charge >= 0.3 is 6.18 Å². The highest BCUT2D eigenvalue weighted by atomic mass is 19.4. The molecule has 0 spiro atoms. The van der Waals surface area contributed by atoms with E-state index in [0.717, 1.165) is 40.5 Å². The normalized spacial score (nSPS) is 14.6. The van der Waals surface area contributed by atoms with E-state index in [1.54, 1.807) is 47.4 Å². The lowest BCUT2D eigenvalue weighted by Crippen LogP contribution is -2.42. The number of carbonyl (C=O) groups is 4. The lowest BCUT2D eigenvalue weighted by atomic mass is 9.84. The number of hydrogen-bond acceptors (Lipinski definition) is 5. The molecule has 1 aliphatic heterocycles. The Balaban J connectivity index is 1.41. The molecule has 0 fully saturated rings. The molecule has 9 nitrogen and oxygen atoms in total. The number of rotatable bonds is 12. The maximum absolute atomic E-state index is 14.4. The molecule has 0 saturated carbocycles. The van der Waals surface area contributed by atoms with Gasteiger partial charge in [-0.05, 0) is 90.2 Å². The number of halogens is 3. The van der Waals surface area contributed by atoms with Crippen LogP contribution in [0.3, 0.4) is 0 Å². The van der Waals surface area contributed by atoms with Crippen molar-refractivity contribution in [1.29, 1.82) is 0 Å². The van der Waals surface area contributed by atoms with E-state index in [9.17, 15) is 32.3 Å². The van der Waals surface area contributed by atoms with Crippen molar-refractivity contribution >= 4 is 35.4 Å². The number of amides is 4. The number of nitrogens with one attached hydrogen (secondary N) is 1. The molecule has 4 amide bonds. The Bertz CT molecular complexity index is 2070. The Morgan fingerprint density at radius 1 is 0.909 bits per heavy atom. The van der Waals surface area contributed by atoms with Crippen molar-refractivity contribution in [2.75, 3.05) is 39.0 Å². The second-order valence-corrected chi connectivity index (χ2v) is 15.0. The van der Waals surface area contributed by atoms with Gasteiger partial charge in [0.05, 0.1) is 18.2 Å². The molecule has 1 heterocycles. The van der Waals surface area contributed by atoms with Gasteiger partial charge in [-0.1, -0.05) is 81.4 Å². The minimum Gasteiger partial charge on any atom is -0.368 e. The molecule has 4 aromatic carbocycles. The van der Waals surface area contributed by atoms with Crippen LogP contribution in [0.25, 0.3) is 6.08 Å². The van der Waals surface area contributed by atoms with Gasteiger partial charge in [0.1, 0.15) is 0 Å². The summed E-state index contributed by atoms with van der Waals surface area (Å²) in [6, 6.07) is 24.8. The third kappa shape index (κ3) is 10.3. The quantitative estimate of drug-likeness (QED) is 0.150. The second kappa shape index (κ2) is 16.7. The van der Waals surface area contributed by atoms with E-state index in [1.807, 2.05) is 31.1 Å². The maximum Gasteiger partial charge on any atom is 0.416 e. The molecule has 3 N–H and O–H groups in total. The van der Waals surface area contributed by atoms with Crippen molar-refractivity contribution in [3.63, 3.8) is 0 Å². The van der Waals surface area contributed by atoms with Crippen LogP contribution in [0.5, 0.6) is 0 Å². The molecule has 55 heavy (non-hydrogen) atoms. The van der Waals surface area contributed by atoms with Gasteiger partial charge in [0.15, 0.2) is 0 Å². The van der Waals surface area contributed by atoms with E-state index in [-0.39, 0.29) is 41.9 Å². The van der Waals surface area contributed by atoms with E-state index in [4.69, 9.17) is 5.73 Å².